The molecule has 0 radical (unpaired) electrons. The largest absolute Gasteiger partial charge is 0.394 e. The van der Waals surface area contributed by atoms with Gasteiger partial charge in [0.25, 0.3) is 5.56 Å². The Morgan fingerprint density at radius 1 is 1.15 bits per heavy atom. The van der Waals surface area contributed by atoms with Crippen molar-refractivity contribution in [1.29, 1.82) is 0 Å². The first-order chi connectivity index (χ1) is 13.0. The van der Waals surface area contributed by atoms with Gasteiger partial charge in [-0.1, -0.05) is 30.3 Å². The molecule has 1 heterocycles. The summed E-state index contributed by atoms with van der Waals surface area (Å²) in [5.74, 6) is 0. The van der Waals surface area contributed by atoms with E-state index in [0.717, 1.165) is 0 Å². The normalized spacial score (nSPS) is 14.1. The van der Waals surface area contributed by atoms with E-state index in [1.54, 1.807) is 55.6 Å². The Hall–Kier alpha value is -3.07. The molecule has 0 aliphatic rings. The van der Waals surface area contributed by atoms with Crippen LogP contribution in [0.2, 0.25) is 0 Å². The molecule has 0 amide bonds. The van der Waals surface area contributed by atoms with Crippen LogP contribution < -0.4 is 11.0 Å². The Bertz CT molecular complexity index is 1020. The van der Waals surface area contributed by atoms with Gasteiger partial charge < -0.3 is 19.9 Å². The maximum Gasteiger partial charge on any atom is 0.278 e. The van der Waals surface area contributed by atoms with Crippen molar-refractivity contribution < 1.29 is 15.3 Å². The van der Waals surface area contributed by atoms with Gasteiger partial charge in [0, 0.05) is 7.05 Å². The summed E-state index contributed by atoms with van der Waals surface area (Å²) in [6, 6.07) is 16.0. The summed E-state index contributed by atoms with van der Waals surface area (Å²) < 4.78 is 1.40. The lowest BCUT2D eigenvalue weighted by molar-refractivity contribution is 0.0184. The van der Waals surface area contributed by atoms with Crippen LogP contribution in [0.3, 0.4) is 0 Å². The van der Waals surface area contributed by atoms with E-state index < -0.39 is 24.4 Å². The minimum atomic E-state index is -1.60. The minimum absolute atomic E-state index is 0.111. The van der Waals surface area contributed by atoms with Gasteiger partial charge in [-0.25, -0.2) is 4.98 Å². The molecule has 0 spiro atoms. The molecule has 3 rings (SSSR count). The highest BCUT2D eigenvalue weighted by atomic mass is 16.4. The molecule has 1 aromatic heterocycles. The van der Waals surface area contributed by atoms with E-state index in [4.69, 9.17) is 0 Å². The fourth-order valence-corrected chi connectivity index (χ4v) is 2.62. The van der Waals surface area contributed by atoms with Crippen LogP contribution in [0.4, 0.5) is 5.69 Å². The number of benzene rings is 2. The molecule has 3 aromatic rings. The first kappa shape index (κ1) is 18.7. The average Bonchev–Trinajstić information content (AvgIpc) is 2.71. The third-order valence-electron chi connectivity index (χ3n) is 4.14. The van der Waals surface area contributed by atoms with Crippen LogP contribution in [0.1, 0.15) is 5.69 Å². The molecule has 0 saturated carbocycles. The number of fused-ring (bicyclic) bond motifs is 1. The maximum absolute atomic E-state index is 12.8. The Morgan fingerprint density at radius 3 is 2.52 bits per heavy atom. The number of rotatable bonds is 6. The van der Waals surface area contributed by atoms with Crippen LogP contribution in [0.25, 0.3) is 11.0 Å². The zero-order valence-electron chi connectivity index (χ0n) is 14.6. The smallest absolute Gasteiger partial charge is 0.278 e. The van der Waals surface area contributed by atoms with Gasteiger partial charge in [0.15, 0.2) is 5.69 Å². The molecule has 8 nitrogen and oxygen atoms in total. The number of aryl methyl sites for hydroxylation is 1. The van der Waals surface area contributed by atoms with Crippen molar-refractivity contribution in [2.75, 3.05) is 12.0 Å². The van der Waals surface area contributed by atoms with Crippen LogP contribution in [0.15, 0.2) is 64.5 Å². The Kier molecular flexibility index (Phi) is 5.60. The molecule has 0 aliphatic heterocycles. The quantitative estimate of drug-likeness (QED) is 0.371. The number of aromatic nitrogens is 2. The van der Waals surface area contributed by atoms with E-state index in [-0.39, 0.29) is 11.4 Å². The van der Waals surface area contributed by atoms with Gasteiger partial charge in [0.05, 0.1) is 23.3 Å². The topological polar surface area (TPSA) is 120 Å². The molecule has 4 N–H and O–H groups in total. The molecular weight excluding hydrogens is 348 g/mol. The van der Waals surface area contributed by atoms with Gasteiger partial charge in [-0.15, -0.1) is 0 Å². The maximum atomic E-state index is 12.8. The Labute approximate surface area is 155 Å². The van der Waals surface area contributed by atoms with E-state index in [2.05, 4.69) is 15.5 Å². The molecule has 2 unspecified atom stereocenters. The van der Waals surface area contributed by atoms with Crippen LogP contribution in [-0.4, -0.2) is 49.4 Å². The number of aliphatic hydroxyl groups is 3. The average molecular weight is 368 g/mol. The number of nitrogens with one attached hydrogen (secondary N) is 1. The highest BCUT2D eigenvalue weighted by molar-refractivity contribution is 6.03. The molecule has 0 aliphatic carbocycles. The Morgan fingerprint density at radius 2 is 1.81 bits per heavy atom. The van der Waals surface area contributed by atoms with E-state index in [0.29, 0.717) is 16.7 Å². The van der Waals surface area contributed by atoms with Crippen molar-refractivity contribution in [3.05, 3.63) is 70.6 Å². The van der Waals surface area contributed by atoms with E-state index in [9.17, 15) is 20.1 Å². The van der Waals surface area contributed by atoms with Gasteiger partial charge in [-0.05, 0) is 24.3 Å². The molecule has 0 fully saturated rings. The summed E-state index contributed by atoms with van der Waals surface area (Å²) in [4.78, 5) is 17.1. The van der Waals surface area contributed by atoms with Gasteiger partial charge >= 0.3 is 0 Å². The van der Waals surface area contributed by atoms with Crippen molar-refractivity contribution in [3.8, 4) is 0 Å². The monoisotopic (exact) mass is 368 g/mol. The lowest BCUT2D eigenvalue weighted by atomic mass is 10.1. The van der Waals surface area contributed by atoms with Crippen LogP contribution in [-0.2, 0) is 7.05 Å². The lowest BCUT2D eigenvalue weighted by Crippen LogP contribution is -2.41. The summed E-state index contributed by atoms with van der Waals surface area (Å²) in [6.07, 6.45) is -3.12. The fraction of sp³-hybridized carbons (Fsp3) is 0.211. The second-order valence-electron chi connectivity index (χ2n) is 5.98. The summed E-state index contributed by atoms with van der Waals surface area (Å²) in [5.41, 5.74) is 3.78. The van der Waals surface area contributed by atoms with Crippen LogP contribution in [0, 0.1) is 0 Å². The van der Waals surface area contributed by atoms with Crippen molar-refractivity contribution in [1.82, 2.24) is 9.55 Å². The molecule has 140 valence electrons. The molecular formula is C19H20N4O4. The molecule has 8 heteroatoms. The van der Waals surface area contributed by atoms with Crippen molar-refractivity contribution in [2.45, 2.75) is 12.2 Å². The van der Waals surface area contributed by atoms with Crippen LogP contribution in [0.5, 0.6) is 0 Å². The highest BCUT2D eigenvalue weighted by Gasteiger charge is 2.27. The predicted octanol–water partition coefficient (Wildman–Crippen LogP) is 0.464. The number of para-hydroxylation sites is 3. The third-order valence-corrected chi connectivity index (χ3v) is 4.14. The summed E-state index contributed by atoms with van der Waals surface area (Å²) >= 11 is 0. The number of hydrogen-bond donors (Lipinski definition) is 4. The van der Waals surface area contributed by atoms with E-state index in [1.165, 1.54) is 4.57 Å². The van der Waals surface area contributed by atoms with E-state index in [1.807, 2.05) is 6.07 Å². The fourth-order valence-electron chi connectivity index (χ4n) is 2.62. The lowest BCUT2D eigenvalue weighted by Gasteiger charge is -2.18. The first-order valence-electron chi connectivity index (χ1n) is 8.34. The zero-order valence-corrected chi connectivity index (χ0v) is 14.6. The van der Waals surface area contributed by atoms with Crippen LogP contribution >= 0.6 is 0 Å². The molecule has 2 atom stereocenters. The molecule has 0 bridgehead atoms. The second-order valence-corrected chi connectivity index (χ2v) is 5.98. The number of hydrogen-bond acceptors (Lipinski definition) is 7. The highest BCUT2D eigenvalue weighted by Crippen LogP contribution is 2.12. The Balaban J connectivity index is 2.14. The van der Waals surface area contributed by atoms with Gasteiger partial charge in [0.1, 0.15) is 17.9 Å². The summed E-state index contributed by atoms with van der Waals surface area (Å²) in [6.45, 7) is -0.695. The van der Waals surface area contributed by atoms with Crippen molar-refractivity contribution in [2.24, 2.45) is 12.1 Å². The van der Waals surface area contributed by atoms with Crippen molar-refractivity contribution >= 4 is 22.4 Å². The molecule has 2 aromatic carbocycles. The van der Waals surface area contributed by atoms with Gasteiger partial charge in [-0.3, -0.25) is 10.2 Å². The van der Waals surface area contributed by atoms with E-state index >= 15 is 0 Å². The van der Waals surface area contributed by atoms with Gasteiger partial charge in [-0.2, -0.15) is 5.10 Å². The standard InChI is InChI=1S/C19H20N4O4/c1-23-14-10-6-5-9-13(14)20-17(19(23)27)16(18(26)15(25)11-24)22-21-12-7-3-2-4-8-12/h2-10,15,18,21,24-26H,11H2,1H3. The number of hydrazone groups is 1. The number of aliphatic hydroxyl groups excluding tert-OH is 3. The molecule has 0 saturated heterocycles. The third kappa shape index (κ3) is 3.87. The zero-order chi connectivity index (χ0) is 19.4. The first-order valence-corrected chi connectivity index (χ1v) is 8.34. The minimum Gasteiger partial charge on any atom is -0.394 e. The SMILES string of the molecule is Cn1c(=O)c(C(=NNc2ccccc2)C(O)C(O)CO)nc2ccccc21. The summed E-state index contributed by atoms with van der Waals surface area (Å²) in [5, 5.41) is 33.6. The number of anilines is 1. The summed E-state index contributed by atoms with van der Waals surface area (Å²) in [7, 11) is 1.59. The van der Waals surface area contributed by atoms with Gasteiger partial charge in [0.2, 0.25) is 0 Å². The number of nitrogens with zero attached hydrogens (tertiary/aromatic N) is 3. The van der Waals surface area contributed by atoms with Crippen molar-refractivity contribution in [3.63, 3.8) is 0 Å². The predicted molar refractivity (Wildman–Crippen MR) is 103 cm³/mol. The molecule has 27 heavy (non-hydrogen) atoms. The second kappa shape index (κ2) is 8.09.